The van der Waals surface area contributed by atoms with Gasteiger partial charge in [-0.3, -0.25) is 20.2 Å². The van der Waals surface area contributed by atoms with Gasteiger partial charge in [0.2, 0.25) is 5.88 Å². The summed E-state index contributed by atoms with van der Waals surface area (Å²) in [6.07, 6.45) is 1.06. The first-order valence-electron chi connectivity index (χ1n) is 9.64. The van der Waals surface area contributed by atoms with Crippen LogP contribution in [0.1, 0.15) is 27.0 Å². The fraction of sp³-hybridized carbons (Fsp3) is 0.136. The van der Waals surface area contributed by atoms with Gasteiger partial charge in [0.05, 0.1) is 15.6 Å². The van der Waals surface area contributed by atoms with E-state index in [9.17, 15) is 28.5 Å². The van der Waals surface area contributed by atoms with Crippen LogP contribution in [0.5, 0.6) is 11.6 Å². The lowest BCUT2D eigenvalue weighted by Crippen LogP contribution is -2.35. The van der Waals surface area contributed by atoms with Gasteiger partial charge in [0.1, 0.15) is 29.1 Å². The fourth-order valence-corrected chi connectivity index (χ4v) is 3.28. The molecule has 2 N–H and O–H groups in total. The van der Waals surface area contributed by atoms with E-state index in [1.54, 1.807) is 20.8 Å². The Hall–Kier alpha value is -4.12. The number of imide groups is 1. The van der Waals surface area contributed by atoms with Crippen LogP contribution < -0.4 is 15.4 Å². The molecule has 3 aromatic rings. The van der Waals surface area contributed by atoms with Crippen molar-refractivity contribution in [2.24, 2.45) is 0 Å². The summed E-state index contributed by atoms with van der Waals surface area (Å²) < 4.78 is 33.3. The first-order chi connectivity index (χ1) is 16.0. The van der Waals surface area contributed by atoms with Crippen molar-refractivity contribution in [3.05, 3.63) is 85.6 Å². The molecule has 34 heavy (non-hydrogen) atoms. The van der Waals surface area contributed by atoms with Crippen LogP contribution in [-0.4, -0.2) is 21.8 Å². The number of carbonyl (C=O) groups excluding carboxylic acids is 2. The molecule has 2 aromatic carbocycles. The van der Waals surface area contributed by atoms with Crippen molar-refractivity contribution in [1.82, 2.24) is 10.3 Å². The molecular weight excluding hydrogens is 474 g/mol. The average molecular weight is 491 g/mol. The predicted octanol–water partition coefficient (Wildman–Crippen LogP) is 5.60. The van der Waals surface area contributed by atoms with Crippen molar-refractivity contribution in [1.29, 1.82) is 0 Å². The molecular formula is C22H17ClF2N4O5. The van der Waals surface area contributed by atoms with E-state index in [2.05, 4.69) is 10.3 Å². The van der Waals surface area contributed by atoms with Gasteiger partial charge in [0.15, 0.2) is 0 Å². The van der Waals surface area contributed by atoms with Crippen LogP contribution in [-0.2, 0) is 0 Å². The molecule has 0 aliphatic carbocycles. The highest BCUT2D eigenvalue weighted by Crippen LogP contribution is 2.38. The van der Waals surface area contributed by atoms with E-state index in [1.165, 1.54) is 12.1 Å². The molecule has 0 saturated heterocycles. The molecule has 3 amide bonds. The second-order valence-corrected chi connectivity index (χ2v) is 7.56. The standard InChI is InChI=1S/C22H17ClF2N4O5/c1-10-8-16(34-21-11(2)7-13(9-26-21)29(32)33)12(3)18(23)19(10)27-22(31)28-20(30)17-14(24)5-4-6-15(17)25/h4-9H,1-3H3,(H2,27,28,30,31). The Morgan fingerprint density at radius 1 is 1.12 bits per heavy atom. The van der Waals surface area contributed by atoms with Gasteiger partial charge >= 0.3 is 6.03 Å². The second-order valence-electron chi connectivity index (χ2n) is 7.19. The maximum atomic E-state index is 13.8. The van der Waals surface area contributed by atoms with E-state index in [4.69, 9.17) is 16.3 Å². The number of halogens is 3. The van der Waals surface area contributed by atoms with Crippen LogP contribution in [0.3, 0.4) is 0 Å². The number of anilines is 1. The molecule has 0 saturated carbocycles. The summed E-state index contributed by atoms with van der Waals surface area (Å²) in [6, 6.07) is 4.66. The number of ether oxygens (including phenoxy) is 1. The molecule has 0 bridgehead atoms. The number of aromatic nitrogens is 1. The highest BCUT2D eigenvalue weighted by Gasteiger charge is 2.21. The van der Waals surface area contributed by atoms with Crippen LogP contribution in [0.15, 0.2) is 36.5 Å². The van der Waals surface area contributed by atoms with Crippen molar-refractivity contribution in [3.8, 4) is 11.6 Å². The number of aryl methyl sites for hydroxylation is 2. The zero-order valence-electron chi connectivity index (χ0n) is 18.0. The number of amides is 3. The zero-order chi connectivity index (χ0) is 25.2. The van der Waals surface area contributed by atoms with Gasteiger partial charge in [-0.05, 0) is 44.5 Å². The molecule has 12 heteroatoms. The van der Waals surface area contributed by atoms with Crippen LogP contribution >= 0.6 is 11.6 Å². The SMILES string of the molecule is Cc1cc([N+](=O)[O-])cnc1Oc1cc(C)c(NC(=O)NC(=O)c2c(F)cccc2F)c(Cl)c1C. The summed E-state index contributed by atoms with van der Waals surface area (Å²) in [4.78, 5) is 38.7. The van der Waals surface area contributed by atoms with Gasteiger partial charge in [0.25, 0.3) is 11.6 Å². The number of hydrogen-bond acceptors (Lipinski definition) is 6. The average Bonchev–Trinajstić information content (AvgIpc) is 2.75. The molecule has 1 heterocycles. The van der Waals surface area contributed by atoms with Crippen LogP contribution in [0, 0.1) is 42.5 Å². The van der Waals surface area contributed by atoms with E-state index in [-0.39, 0.29) is 28.0 Å². The lowest BCUT2D eigenvalue weighted by molar-refractivity contribution is -0.385. The fourth-order valence-electron chi connectivity index (χ4n) is 2.99. The zero-order valence-corrected chi connectivity index (χ0v) is 18.8. The van der Waals surface area contributed by atoms with Crippen molar-refractivity contribution >= 4 is 34.9 Å². The molecule has 9 nitrogen and oxygen atoms in total. The molecule has 176 valence electrons. The normalized spacial score (nSPS) is 10.5. The Bertz CT molecular complexity index is 1310. The molecule has 0 aliphatic rings. The first kappa shape index (κ1) is 24.5. The number of nitrogens with zero attached hydrogens (tertiary/aromatic N) is 2. The number of urea groups is 1. The number of nitro groups is 1. The van der Waals surface area contributed by atoms with Gasteiger partial charge in [-0.15, -0.1) is 0 Å². The van der Waals surface area contributed by atoms with Crippen LogP contribution in [0.4, 0.5) is 25.0 Å². The molecule has 0 radical (unpaired) electrons. The molecule has 0 aliphatic heterocycles. The molecule has 0 spiro atoms. The van der Waals surface area contributed by atoms with Crippen molar-refractivity contribution in [3.63, 3.8) is 0 Å². The van der Waals surface area contributed by atoms with Gasteiger partial charge in [-0.1, -0.05) is 17.7 Å². The number of nitrogens with one attached hydrogen (secondary N) is 2. The van der Waals surface area contributed by atoms with E-state index < -0.39 is 34.1 Å². The monoisotopic (exact) mass is 490 g/mol. The third-order valence-electron chi connectivity index (χ3n) is 4.75. The highest BCUT2D eigenvalue weighted by molar-refractivity contribution is 6.35. The Labute approximate surface area is 196 Å². The summed E-state index contributed by atoms with van der Waals surface area (Å²) in [5.41, 5.74) is 0.304. The molecule has 3 rings (SSSR count). The number of pyridine rings is 1. The summed E-state index contributed by atoms with van der Waals surface area (Å²) in [5.74, 6) is -3.10. The second kappa shape index (κ2) is 9.79. The first-order valence-corrected chi connectivity index (χ1v) is 10.0. The maximum absolute atomic E-state index is 13.8. The summed E-state index contributed by atoms with van der Waals surface area (Å²) >= 11 is 6.39. The van der Waals surface area contributed by atoms with Gasteiger partial charge in [-0.25, -0.2) is 18.6 Å². The number of benzene rings is 2. The minimum atomic E-state index is -1.27. The Morgan fingerprint density at radius 2 is 1.76 bits per heavy atom. The summed E-state index contributed by atoms with van der Waals surface area (Å²) in [5, 5.41) is 15.2. The largest absolute Gasteiger partial charge is 0.438 e. The van der Waals surface area contributed by atoms with Crippen molar-refractivity contribution < 1.29 is 28.0 Å². The molecule has 0 atom stereocenters. The molecule has 1 aromatic heterocycles. The van der Waals surface area contributed by atoms with E-state index in [0.717, 1.165) is 24.4 Å². The summed E-state index contributed by atoms with van der Waals surface area (Å²) in [7, 11) is 0. The third kappa shape index (κ3) is 5.09. The topological polar surface area (TPSA) is 123 Å². The van der Waals surface area contributed by atoms with E-state index in [0.29, 0.717) is 16.7 Å². The van der Waals surface area contributed by atoms with Crippen LogP contribution in [0.2, 0.25) is 5.02 Å². The Morgan fingerprint density at radius 3 is 2.35 bits per heavy atom. The minimum absolute atomic E-state index is 0.0780. The Kier molecular flexibility index (Phi) is 7.06. The Balaban J connectivity index is 1.81. The lowest BCUT2D eigenvalue weighted by atomic mass is 10.1. The number of rotatable bonds is 5. The van der Waals surface area contributed by atoms with E-state index in [1.807, 2.05) is 5.32 Å². The predicted molar refractivity (Wildman–Crippen MR) is 119 cm³/mol. The van der Waals surface area contributed by atoms with Gasteiger partial charge < -0.3 is 10.1 Å². The number of carbonyl (C=O) groups is 2. The lowest BCUT2D eigenvalue weighted by Gasteiger charge is -2.17. The summed E-state index contributed by atoms with van der Waals surface area (Å²) in [6.45, 7) is 4.79. The maximum Gasteiger partial charge on any atom is 0.326 e. The molecule has 0 fully saturated rings. The van der Waals surface area contributed by atoms with Gasteiger partial charge in [-0.2, -0.15) is 0 Å². The number of hydrogen-bond donors (Lipinski definition) is 2. The van der Waals surface area contributed by atoms with Crippen LogP contribution in [0.25, 0.3) is 0 Å². The highest BCUT2D eigenvalue weighted by atomic mass is 35.5. The quantitative estimate of drug-likeness (QED) is 0.354. The van der Waals surface area contributed by atoms with Crippen molar-refractivity contribution in [2.75, 3.05) is 5.32 Å². The smallest absolute Gasteiger partial charge is 0.326 e. The third-order valence-corrected chi connectivity index (χ3v) is 5.22. The molecule has 0 unspecified atom stereocenters. The van der Waals surface area contributed by atoms with Crippen molar-refractivity contribution in [2.45, 2.75) is 20.8 Å². The van der Waals surface area contributed by atoms with E-state index >= 15 is 0 Å². The van der Waals surface area contributed by atoms with Gasteiger partial charge in [0, 0.05) is 17.2 Å². The minimum Gasteiger partial charge on any atom is -0.438 e.